The number of nitrogens with zero attached hydrogens (tertiary/aromatic N) is 2. The number of halogens is 2. The number of guanidine groups is 1. The summed E-state index contributed by atoms with van der Waals surface area (Å²) in [6.45, 7) is 3.47. The van der Waals surface area contributed by atoms with E-state index in [1.165, 1.54) is 12.5 Å². The lowest BCUT2D eigenvalue weighted by Crippen LogP contribution is -2.39. The number of hydrogen-bond donors (Lipinski definition) is 3. The third-order valence-corrected chi connectivity index (χ3v) is 5.59. The number of sulfone groups is 1. The van der Waals surface area contributed by atoms with Crippen molar-refractivity contribution in [2.75, 3.05) is 31.7 Å². The van der Waals surface area contributed by atoms with Crippen molar-refractivity contribution in [3.8, 4) is 0 Å². The molecule has 0 aliphatic heterocycles. The molecule has 0 saturated heterocycles. The minimum absolute atomic E-state index is 0.347. The van der Waals surface area contributed by atoms with Crippen molar-refractivity contribution >= 4 is 44.8 Å². The molecule has 7 nitrogen and oxygen atoms in total. The highest BCUT2D eigenvalue weighted by atomic mass is 35.5. The van der Waals surface area contributed by atoms with Crippen LogP contribution in [0.15, 0.2) is 40.4 Å². The molecule has 0 aliphatic rings. The van der Waals surface area contributed by atoms with Crippen molar-refractivity contribution in [2.45, 2.75) is 18.4 Å². The van der Waals surface area contributed by atoms with Gasteiger partial charge in [0.2, 0.25) is 0 Å². The molecule has 0 atom stereocenters. The summed E-state index contributed by atoms with van der Waals surface area (Å²) in [5.41, 5.74) is 1.68. The Morgan fingerprint density at radius 3 is 2.54 bits per heavy atom. The number of aryl methyl sites for hydroxylation is 1. The molecule has 3 N–H and O–H groups in total. The maximum Gasteiger partial charge on any atom is 0.191 e. The van der Waals surface area contributed by atoms with Crippen LogP contribution in [0.5, 0.6) is 0 Å². The van der Waals surface area contributed by atoms with Gasteiger partial charge in [0.25, 0.3) is 0 Å². The summed E-state index contributed by atoms with van der Waals surface area (Å²) < 4.78 is 23.4. The van der Waals surface area contributed by atoms with Crippen molar-refractivity contribution < 1.29 is 8.42 Å². The minimum Gasteiger partial charge on any atom is -0.367 e. The van der Waals surface area contributed by atoms with Crippen LogP contribution < -0.4 is 16.0 Å². The fraction of sp³-hybridized carbons (Fsp3) is 0.333. The van der Waals surface area contributed by atoms with E-state index in [9.17, 15) is 8.42 Å². The molecule has 2 aromatic rings. The molecular formula is C18H23Cl2N5O2S. The first-order valence-electron chi connectivity index (χ1n) is 8.49. The van der Waals surface area contributed by atoms with Gasteiger partial charge in [-0.15, -0.1) is 0 Å². The van der Waals surface area contributed by atoms with Crippen LogP contribution in [0.25, 0.3) is 0 Å². The zero-order chi connectivity index (χ0) is 20.7. The predicted molar refractivity (Wildman–Crippen MR) is 115 cm³/mol. The predicted octanol–water partition coefficient (Wildman–Crippen LogP) is 2.88. The molecule has 0 radical (unpaired) electrons. The molecule has 0 unspecified atom stereocenters. The Bertz CT molecular complexity index is 964. The second-order valence-electron chi connectivity index (χ2n) is 6.14. The first-order chi connectivity index (χ1) is 13.2. The van der Waals surface area contributed by atoms with Crippen LogP contribution in [0.4, 0.5) is 5.82 Å². The fourth-order valence-corrected chi connectivity index (χ4v) is 3.96. The quantitative estimate of drug-likeness (QED) is 0.345. The summed E-state index contributed by atoms with van der Waals surface area (Å²) in [6.07, 6.45) is 2.74. The minimum atomic E-state index is -3.21. The molecule has 0 aliphatic carbocycles. The Balaban J connectivity index is 1.82. The molecule has 0 spiro atoms. The van der Waals surface area contributed by atoms with Gasteiger partial charge in [-0.05, 0) is 30.2 Å². The number of rotatable bonds is 7. The summed E-state index contributed by atoms with van der Waals surface area (Å²) in [6, 6.07) is 6.90. The molecule has 10 heteroatoms. The van der Waals surface area contributed by atoms with Crippen LogP contribution in [0.1, 0.15) is 11.1 Å². The SMILES string of the molecule is CN=C(NCCNc1ncc(Cl)cc1Cl)NCc1ccc(S(C)(=O)=O)c(C)c1. The Morgan fingerprint density at radius 2 is 1.93 bits per heavy atom. The first-order valence-corrected chi connectivity index (χ1v) is 11.1. The summed E-state index contributed by atoms with van der Waals surface area (Å²) in [4.78, 5) is 8.65. The Morgan fingerprint density at radius 1 is 1.18 bits per heavy atom. The van der Waals surface area contributed by atoms with Gasteiger partial charge in [-0.1, -0.05) is 35.3 Å². The normalized spacial score (nSPS) is 12.0. The van der Waals surface area contributed by atoms with Gasteiger partial charge in [-0.2, -0.15) is 0 Å². The van der Waals surface area contributed by atoms with Gasteiger partial charge < -0.3 is 16.0 Å². The average molecular weight is 444 g/mol. The Labute approximate surface area is 175 Å². The molecule has 0 fully saturated rings. The van der Waals surface area contributed by atoms with Crippen molar-refractivity contribution in [2.24, 2.45) is 4.99 Å². The number of pyridine rings is 1. The monoisotopic (exact) mass is 443 g/mol. The lowest BCUT2D eigenvalue weighted by molar-refractivity contribution is 0.601. The van der Waals surface area contributed by atoms with Crippen LogP contribution in [0.3, 0.4) is 0 Å². The van der Waals surface area contributed by atoms with E-state index in [1.807, 2.05) is 6.07 Å². The third kappa shape index (κ3) is 6.54. The Kier molecular flexibility index (Phi) is 7.91. The largest absolute Gasteiger partial charge is 0.367 e. The maximum absolute atomic E-state index is 11.7. The summed E-state index contributed by atoms with van der Waals surface area (Å²) in [5, 5.41) is 10.4. The molecule has 0 saturated carbocycles. The van der Waals surface area contributed by atoms with E-state index in [1.54, 1.807) is 32.2 Å². The Hall–Kier alpha value is -2.03. The van der Waals surface area contributed by atoms with Gasteiger partial charge >= 0.3 is 0 Å². The second-order valence-corrected chi connectivity index (χ2v) is 8.96. The van der Waals surface area contributed by atoms with Crippen LogP contribution >= 0.6 is 23.2 Å². The van der Waals surface area contributed by atoms with Gasteiger partial charge in [-0.25, -0.2) is 13.4 Å². The van der Waals surface area contributed by atoms with Crippen LogP contribution in [-0.2, 0) is 16.4 Å². The lowest BCUT2D eigenvalue weighted by atomic mass is 10.1. The standard InChI is InChI=1S/C18H23Cl2N5O2S/c1-12-8-13(4-5-16(12)28(3,26)27)10-25-18(21-2)23-7-6-22-17-15(20)9-14(19)11-24-17/h4-5,8-9,11H,6-7,10H2,1-3H3,(H,22,24)(H2,21,23,25). The van der Waals surface area contributed by atoms with Crippen molar-refractivity contribution in [3.63, 3.8) is 0 Å². The molecule has 1 aromatic heterocycles. The summed E-state index contributed by atoms with van der Waals surface area (Å²) in [7, 11) is -1.54. The van der Waals surface area contributed by atoms with Gasteiger partial charge in [0.1, 0.15) is 5.82 Å². The zero-order valence-electron chi connectivity index (χ0n) is 15.9. The van der Waals surface area contributed by atoms with Gasteiger partial charge in [0.05, 0.1) is 14.9 Å². The molecule has 2 rings (SSSR count). The molecule has 1 heterocycles. The molecule has 1 aromatic carbocycles. The van der Waals surface area contributed by atoms with Crippen molar-refractivity contribution in [1.82, 2.24) is 15.6 Å². The van der Waals surface area contributed by atoms with Gasteiger partial charge in [-0.3, -0.25) is 4.99 Å². The zero-order valence-corrected chi connectivity index (χ0v) is 18.2. The number of nitrogens with one attached hydrogen (secondary N) is 3. The number of hydrogen-bond acceptors (Lipinski definition) is 5. The van der Waals surface area contributed by atoms with Crippen molar-refractivity contribution in [1.29, 1.82) is 0 Å². The number of aliphatic imine (C=N–C) groups is 1. The first kappa shape index (κ1) is 22.3. The molecule has 0 amide bonds. The highest BCUT2D eigenvalue weighted by Gasteiger charge is 2.11. The number of anilines is 1. The molecule has 0 bridgehead atoms. The van der Waals surface area contributed by atoms with Gasteiger partial charge in [0, 0.05) is 39.1 Å². The average Bonchev–Trinajstić information content (AvgIpc) is 2.61. The second kappa shape index (κ2) is 9.95. The highest BCUT2D eigenvalue weighted by Crippen LogP contribution is 2.22. The fourth-order valence-electron chi connectivity index (χ4n) is 2.55. The van der Waals surface area contributed by atoms with Crippen LogP contribution in [0, 0.1) is 6.92 Å². The van der Waals surface area contributed by atoms with Crippen molar-refractivity contribution in [3.05, 3.63) is 51.6 Å². The van der Waals surface area contributed by atoms with E-state index in [0.29, 0.717) is 46.4 Å². The molecule has 28 heavy (non-hydrogen) atoms. The van der Waals surface area contributed by atoms with E-state index in [0.717, 1.165) is 11.1 Å². The van der Waals surface area contributed by atoms with E-state index < -0.39 is 9.84 Å². The van der Waals surface area contributed by atoms with Crippen LogP contribution in [-0.4, -0.2) is 45.8 Å². The maximum atomic E-state index is 11.7. The molecule has 152 valence electrons. The van der Waals surface area contributed by atoms with Gasteiger partial charge in [0.15, 0.2) is 15.8 Å². The molecular weight excluding hydrogens is 421 g/mol. The highest BCUT2D eigenvalue weighted by molar-refractivity contribution is 7.90. The van der Waals surface area contributed by atoms with E-state index in [-0.39, 0.29) is 0 Å². The number of aromatic nitrogens is 1. The van der Waals surface area contributed by atoms with E-state index in [4.69, 9.17) is 23.2 Å². The smallest absolute Gasteiger partial charge is 0.191 e. The van der Waals surface area contributed by atoms with Crippen LogP contribution in [0.2, 0.25) is 10.0 Å². The lowest BCUT2D eigenvalue weighted by Gasteiger charge is -2.14. The van der Waals surface area contributed by atoms with E-state index >= 15 is 0 Å². The third-order valence-electron chi connectivity index (χ3n) is 3.84. The summed E-state index contributed by atoms with van der Waals surface area (Å²) >= 11 is 11.9. The summed E-state index contributed by atoms with van der Waals surface area (Å²) in [5.74, 6) is 1.19. The number of benzene rings is 1. The topological polar surface area (TPSA) is 95.5 Å². The van der Waals surface area contributed by atoms with E-state index in [2.05, 4.69) is 25.9 Å².